The zero-order valence-electron chi connectivity index (χ0n) is 11.0. The molecule has 0 bridgehead atoms. The zero-order chi connectivity index (χ0) is 14.7. The highest BCUT2D eigenvalue weighted by molar-refractivity contribution is 8.15. The van der Waals surface area contributed by atoms with E-state index in [0.717, 1.165) is 11.1 Å². The van der Waals surface area contributed by atoms with E-state index in [9.17, 15) is 15.3 Å². The van der Waals surface area contributed by atoms with Crippen LogP contribution in [-0.2, 0) is 0 Å². The number of benzene rings is 1. The Balaban J connectivity index is 1.99. The molecule has 0 fully saturated rings. The van der Waals surface area contributed by atoms with E-state index in [4.69, 9.17) is 5.11 Å². The number of hydrazone groups is 1. The van der Waals surface area contributed by atoms with Crippen LogP contribution in [-0.4, -0.2) is 55.8 Å². The molecule has 0 aromatic heterocycles. The summed E-state index contributed by atoms with van der Waals surface area (Å²) in [5.74, 6) is 0. The maximum atomic E-state index is 9.95. The van der Waals surface area contributed by atoms with Gasteiger partial charge in [-0.1, -0.05) is 41.6 Å². The summed E-state index contributed by atoms with van der Waals surface area (Å²) < 4.78 is 0. The van der Waals surface area contributed by atoms with E-state index < -0.39 is 30.3 Å². The van der Waals surface area contributed by atoms with Gasteiger partial charge in [0.05, 0.1) is 6.61 Å². The molecule has 20 heavy (non-hydrogen) atoms. The molecular weight excluding hydrogens is 280 g/mol. The lowest BCUT2D eigenvalue weighted by molar-refractivity contribution is -0.0779. The lowest BCUT2D eigenvalue weighted by atomic mass is 10.1. The van der Waals surface area contributed by atoms with Gasteiger partial charge in [0.15, 0.2) is 0 Å². The smallest absolute Gasteiger partial charge is 0.125 e. The minimum Gasteiger partial charge on any atom is -0.394 e. The summed E-state index contributed by atoms with van der Waals surface area (Å²) in [4.78, 5) is 0. The Labute approximate surface area is 121 Å². The van der Waals surface area contributed by atoms with E-state index >= 15 is 0 Å². The standard InChI is InChI=1S/C13H18N2O4S/c1-7-2-4-8(5-3-7)12-14-15-13(20-12)11(19)10(18)9(17)6-16/h2-5,9-11,13,15-19H,6H2,1H3/t9-,10-,11-,13+/m1/s1. The summed E-state index contributed by atoms with van der Waals surface area (Å²) in [5, 5.41) is 42.0. The van der Waals surface area contributed by atoms with Crippen LogP contribution in [0.15, 0.2) is 29.4 Å². The van der Waals surface area contributed by atoms with Gasteiger partial charge in [0.25, 0.3) is 0 Å². The number of aliphatic hydroxyl groups is 4. The average molecular weight is 298 g/mol. The molecule has 4 atom stereocenters. The van der Waals surface area contributed by atoms with Crippen LogP contribution in [0.5, 0.6) is 0 Å². The number of thioether (sulfide) groups is 1. The van der Waals surface area contributed by atoms with Crippen molar-refractivity contribution in [1.29, 1.82) is 0 Å². The highest BCUT2D eigenvalue weighted by Crippen LogP contribution is 2.26. The Morgan fingerprint density at radius 2 is 1.90 bits per heavy atom. The Morgan fingerprint density at radius 3 is 2.50 bits per heavy atom. The predicted octanol–water partition coefficient (Wildman–Crippen LogP) is -0.606. The summed E-state index contributed by atoms with van der Waals surface area (Å²) in [6, 6.07) is 7.78. The number of nitrogens with one attached hydrogen (secondary N) is 1. The number of nitrogens with zero attached hydrogens (tertiary/aromatic N) is 1. The third kappa shape index (κ3) is 3.31. The minimum absolute atomic E-state index is 0.567. The van der Waals surface area contributed by atoms with Gasteiger partial charge in [0, 0.05) is 5.56 Å². The fourth-order valence-corrected chi connectivity index (χ4v) is 2.81. The third-order valence-corrected chi connectivity index (χ3v) is 4.26. The second-order valence-corrected chi connectivity index (χ2v) is 5.81. The first-order valence-corrected chi connectivity index (χ1v) is 7.13. The summed E-state index contributed by atoms with van der Waals surface area (Å²) >= 11 is 1.27. The van der Waals surface area contributed by atoms with E-state index in [1.54, 1.807) is 0 Å². The second-order valence-electron chi connectivity index (χ2n) is 4.68. The second kappa shape index (κ2) is 6.55. The molecule has 0 unspecified atom stereocenters. The van der Waals surface area contributed by atoms with Crippen LogP contribution in [0.2, 0.25) is 0 Å². The van der Waals surface area contributed by atoms with Crippen molar-refractivity contribution in [3.05, 3.63) is 35.4 Å². The Bertz CT molecular complexity index is 480. The topological polar surface area (TPSA) is 105 Å². The zero-order valence-corrected chi connectivity index (χ0v) is 11.8. The number of hydrogen-bond donors (Lipinski definition) is 5. The van der Waals surface area contributed by atoms with Crippen molar-refractivity contribution >= 4 is 16.8 Å². The molecule has 1 aromatic carbocycles. The van der Waals surface area contributed by atoms with Gasteiger partial charge in [-0.15, -0.1) is 0 Å². The van der Waals surface area contributed by atoms with Crippen molar-refractivity contribution in [1.82, 2.24) is 5.43 Å². The Morgan fingerprint density at radius 1 is 1.25 bits per heavy atom. The van der Waals surface area contributed by atoms with Crippen LogP contribution in [0.4, 0.5) is 0 Å². The number of rotatable bonds is 5. The van der Waals surface area contributed by atoms with Gasteiger partial charge in [0.2, 0.25) is 0 Å². The van der Waals surface area contributed by atoms with Crippen molar-refractivity contribution in [3.8, 4) is 0 Å². The monoisotopic (exact) mass is 298 g/mol. The van der Waals surface area contributed by atoms with Gasteiger partial charge in [-0.3, -0.25) is 5.43 Å². The normalized spacial score (nSPS) is 22.9. The SMILES string of the molecule is Cc1ccc(C2=NN[C@H]([C@H](O)[C@H](O)[C@H](O)CO)S2)cc1. The maximum Gasteiger partial charge on any atom is 0.125 e. The molecule has 110 valence electrons. The van der Waals surface area contributed by atoms with Crippen LogP contribution < -0.4 is 5.43 Å². The number of aliphatic hydroxyl groups excluding tert-OH is 4. The van der Waals surface area contributed by atoms with Crippen LogP contribution in [0.3, 0.4) is 0 Å². The molecule has 0 aliphatic carbocycles. The lowest BCUT2D eigenvalue weighted by Crippen LogP contribution is -2.47. The first-order valence-electron chi connectivity index (χ1n) is 6.25. The molecule has 5 N–H and O–H groups in total. The van der Waals surface area contributed by atoms with Crippen LogP contribution >= 0.6 is 11.8 Å². The van der Waals surface area contributed by atoms with E-state index in [-0.39, 0.29) is 0 Å². The quantitative estimate of drug-likeness (QED) is 0.497. The van der Waals surface area contributed by atoms with Crippen molar-refractivity contribution in [2.24, 2.45) is 5.10 Å². The molecule has 2 rings (SSSR count). The summed E-state index contributed by atoms with van der Waals surface area (Å²) in [7, 11) is 0. The minimum atomic E-state index is -1.43. The molecule has 0 radical (unpaired) electrons. The molecule has 1 aromatic rings. The van der Waals surface area contributed by atoms with Gasteiger partial charge >= 0.3 is 0 Å². The van der Waals surface area contributed by atoms with Gasteiger partial charge in [0.1, 0.15) is 28.7 Å². The first-order chi connectivity index (χ1) is 9.52. The number of aryl methyl sites for hydroxylation is 1. The van der Waals surface area contributed by atoms with Crippen molar-refractivity contribution in [3.63, 3.8) is 0 Å². The highest BCUT2D eigenvalue weighted by Gasteiger charge is 2.35. The first kappa shape index (κ1) is 15.3. The van der Waals surface area contributed by atoms with E-state index in [0.29, 0.717) is 5.04 Å². The molecule has 0 spiro atoms. The van der Waals surface area contributed by atoms with E-state index in [2.05, 4.69) is 10.5 Å². The van der Waals surface area contributed by atoms with Gasteiger partial charge < -0.3 is 20.4 Å². The maximum absolute atomic E-state index is 9.95. The Kier molecular flexibility index (Phi) is 5.00. The summed E-state index contributed by atoms with van der Waals surface area (Å²) in [6.07, 6.45) is -4.05. The van der Waals surface area contributed by atoms with Gasteiger partial charge in [-0.25, -0.2) is 0 Å². The molecule has 0 amide bonds. The summed E-state index contributed by atoms with van der Waals surface area (Å²) in [6.45, 7) is 1.38. The van der Waals surface area contributed by atoms with E-state index in [1.165, 1.54) is 11.8 Å². The fourth-order valence-electron chi connectivity index (χ4n) is 1.78. The van der Waals surface area contributed by atoms with Crippen molar-refractivity contribution < 1.29 is 20.4 Å². The van der Waals surface area contributed by atoms with Gasteiger partial charge in [-0.05, 0) is 6.92 Å². The Hall–Kier alpha value is -1.12. The molecule has 0 saturated carbocycles. The molecule has 1 heterocycles. The van der Waals surface area contributed by atoms with Crippen LogP contribution in [0.25, 0.3) is 0 Å². The summed E-state index contributed by atoms with van der Waals surface area (Å²) in [5.41, 5.74) is 4.79. The largest absolute Gasteiger partial charge is 0.394 e. The number of hydrogen-bond acceptors (Lipinski definition) is 7. The fraction of sp³-hybridized carbons (Fsp3) is 0.462. The van der Waals surface area contributed by atoms with Gasteiger partial charge in [-0.2, -0.15) is 5.10 Å². The van der Waals surface area contributed by atoms with Crippen molar-refractivity contribution in [2.75, 3.05) is 6.61 Å². The van der Waals surface area contributed by atoms with Crippen LogP contribution in [0, 0.1) is 6.92 Å². The molecule has 1 aliphatic heterocycles. The third-order valence-electron chi connectivity index (χ3n) is 3.07. The predicted molar refractivity (Wildman–Crippen MR) is 77.3 cm³/mol. The highest BCUT2D eigenvalue weighted by atomic mass is 32.2. The lowest BCUT2D eigenvalue weighted by Gasteiger charge is -2.25. The molecule has 0 saturated heterocycles. The average Bonchev–Trinajstić information content (AvgIpc) is 2.95. The molecule has 1 aliphatic rings. The van der Waals surface area contributed by atoms with Crippen LogP contribution in [0.1, 0.15) is 11.1 Å². The molecule has 6 nitrogen and oxygen atoms in total. The van der Waals surface area contributed by atoms with Crippen molar-refractivity contribution in [2.45, 2.75) is 30.6 Å². The molecular formula is C13H18N2O4S. The van der Waals surface area contributed by atoms with E-state index in [1.807, 2.05) is 31.2 Å². The molecule has 7 heteroatoms.